The van der Waals surface area contributed by atoms with Crippen molar-refractivity contribution in [3.63, 3.8) is 0 Å². The molecule has 1 aromatic rings. The number of primary amides is 1. The number of hydrogen-bond donors (Lipinski definition) is 2. The Hall–Kier alpha value is -1.73. The van der Waals surface area contributed by atoms with Crippen LogP contribution in [0.3, 0.4) is 0 Å². The molecule has 110 valence electrons. The topological polar surface area (TPSA) is 106 Å². The molecule has 3 N–H and O–H groups in total. The standard InChI is InChI=1S/C13H18N2O4S/c1-9(16)10-4-6-11(7-5-10)20(18,19)15-13(2,3)8-12(14)17/h4-7,15H,8H2,1-3H3,(H2,14,17). The second-order valence-corrected chi connectivity index (χ2v) is 6.90. The van der Waals surface area contributed by atoms with Gasteiger partial charge >= 0.3 is 0 Å². The molecule has 0 aliphatic rings. The number of carbonyl (C=O) groups excluding carboxylic acids is 2. The fourth-order valence-corrected chi connectivity index (χ4v) is 3.18. The average Bonchev–Trinajstić information content (AvgIpc) is 2.25. The SMILES string of the molecule is CC(=O)c1ccc(S(=O)(=O)NC(C)(C)CC(N)=O)cc1. The third-order valence-corrected chi connectivity index (χ3v) is 4.31. The molecule has 1 aromatic carbocycles. The summed E-state index contributed by atoms with van der Waals surface area (Å²) < 4.78 is 26.7. The zero-order valence-electron chi connectivity index (χ0n) is 11.6. The predicted octanol–water partition coefficient (Wildman–Crippen LogP) is 0.821. The lowest BCUT2D eigenvalue weighted by atomic mass is 10.0. The van der Waals surface area contributed by atoms with Crippen LogP contribution in [0.4, 0.5) is 0 Å². The second kappa shape index (κ2) is 5.72. The number of nitrogens with one attached hydrogen (secondary N) is 1. The van der Waals surface area contributed by atoms with E-state index in [1.807, 2.05) is 0 Å². The molecule has 0 aliphatic heterocycles. The maximum absolute atomic E-state index is 12.2. The van der Waals surface area contributed by atoms with Crippen molar-refractivity contribution in [3.05, 3.63) is 29.8 Å². The highest BCUT2D eigenvalue weighted by atomic mass is 32.2. The molecule has 20 heavy (non-hydrogen) atoms. The van der Waals surface area contributed by atoms with Gasteiger partial charge in [0.25, 0.3) is 0 Å². The van der Waals surface area contributed by atoms with Gasteiger partial charge in [-0.25, -0.2) is 13.1 Å². The molecule has 0 atom stereocenters. The van der Waals surface area contributed by atoms with Gasteiger partial charge in [0, 0.05) is 17.5 Å². The molecule has 0 aliphatic carbocycles. The van der Waals surface area contributed by atoms with Gasteiger partial charge in [0.2, 0.25) is 15.9 Å². The third kappa shape index (κ3) is 4.43. The van der Waals surface area contributed by atoms with Gasteiger partial charge in [-0.2, -0.15) is 0 Å². The van der Waals surface area contributed by atoms with Crippen molar-refractivity contribution in [1.82, 2.24) is 4.72 Å². The number of ketones is 1. The van der Waals surface area contributed by atoms with Crippen LogP contribution in [0, 0.1) is 0 Å². The molecule has 1 rings (SSSR count). The van der Waals surface area contributed by atoms with Gasteiger partial charge in [-0.3, -0.25) is 9.59 Å². The molecule has 0 heterocycles. The van der Waals surface area contributed by atoms with E-state index in [-0.39, 0.29) is 17.1 Å². The van der Waals surface area contributed by atoms with E-state index in [0.29, 0.717) is 5.56 Å². The van der Waals surface area contributed by atoms with Crippen LogP contribution in [-0.4, -0.2) is 25.6 Å². The quantitative estimate of drug-likeness (QED) is 0.758. The fourth-order valence-electron chi connectivity index (χ4n) is 1.76. The molecule has 1 amide bonds. The van der Waals surface area contributed by atoms with E-state index in [9.17, 15) is 18.0 Å². The van der Waals surface area contributed by atoms with Gasteiger partial charge in [-0.15, -0.1) is 0 Å². The Kier molecular flexibility index (Phi) is 4.67. The van der Waals surface area contributed by atoms with Gasteiger partial charge in [0.05, 0.1) is 4.90 Å². The van der Waals surface area contributed by atoms with Crippen molar-refractivity contribution in [2.24, 2.45) is 5.73 Å². The lowest BCUT2D eigenvalue weighted by Gasteiger charge is -2.24. The summed E-state index contributed by atoms with van der Waals surface area (Å²) in [4.78, 5) is 22.1. The Bertz CT molecular complexity index is 618. The van der Waals surface area contributed by atoms with Crippen LogP contribution >= 0.6 is 0 Å². The van der Waals surface area contributed by atoms with Crippen molar-refractivity contribution in [3.8, 4) is 0 Å². The minimum absolute atomic E-state index is 0.0278. The Morgan fingerprint density at radius 3 is 2.10 bits per heavy atom. The number of nitrogens with two attached hydrogens (primary N) is 1. The lowest BCUT2D eigenvalue weighted by molar-refractivity contribution is -0.119. The van der Waals surface area contributed by atoms with Crippen LogP contribution in [0.15, 0.2) is 29.2 Å². The highest BCUT2D eigenvalue weighted by molar-refractivity contribution is 7.89. The van der Waals surface area contributed by atoms with E-state index >= 15 is 0 Å². The monoisotopic (exact) mass is 298 g/mol. The normalized spacial score (nSPS) is 12.2. The summed E-state index contributed by atoms with van der Waals surface area (Å²) >= 11 is 0. The lowest BCUT2D eigenvalue weighted by Crippen LogP contribution is -2.45. The average molecular weight is 298 g/mol. The van der Waals surface area contributed by atoms with Crippen LogP contribution in [0.5, 0.6) is 0 Å². The zero-order valence-corrected chi connectivity index (χ0v) is 12.5. The molecule has 0 unspecified atom stereocenters. The Morgan fingerprint density at radius 1 is 1.20 bits per heavy atom. The van der Waals surface area contributed by atoms with Gasteiger partial charge in [0.1, 0.15) is 0 Å². The first-order valence-electron chi connectivity index (χ1n) is 5.97. The van der Waals surface area contributed by atoms with Gasteiger partial charge in [0.15, 0.2) is 5.78 Å². The van der Waals surface area contributed by atoms with Crippen molar-refractivity contribution < 1.29 is 18.0 Å². The summed E-state index contributed by atoms with van der Waals surface area (Å²) in [6, 6.07) is 5.58. The largest absolute Gasteiger partial charge is 0.370 e. The van der Waals surface area contributed by atoms with Gasteiger partial charge in [-0.05, 0) is 32.9 Å². The van der Waals surface area contributed by atoms with E-state index in [4.69, 9.17) is 5.73 Å². The number of rotatable bonds is 6. The number of benzene rings is 1. The van der Waals surface area contributed by atoms with Crippen molar-refractivity contribution in [1.29, 1.82) is 0 Å². The Balaban J connectivity index is 2.99. The molecule has 7 heteroatoms. The molecule has 0 saturated carbocycles. The molecular formula is C13H18N2O4S. The van der Waals surface area contributed by atoms with Crippen LogP contribution in [0.25, 0.3) is 0 Å². The predicted molar refractivity (Wildman–Crippen MR) is 74.7 cm³/mol. The smallest absolute Gasteiger partial charge is 0.241 e. The Labute approximate surface area is 118 Å². The first kappa shape index (κ1) is 16.3. The molecule has 0 saturated heterocycles. The van der Waals surface area contributed by atoms with Crippen LogP contribution in [-0.2, 0) is 14.8 Å². The van der Waals surface area contributed by atoms with E-state index in [0.717, 1.165) is 0 Å². The molecule has 0 spiro atoms. The Morgan fingerprint density at radius 2 is 1.70 bits per heavy atom. The van der Waals surface area contributed by atoms with Crippen LogP contribution < -0.4 is 10.5 Å². The summed E-state index contributed by atoms with van der Waals surface area (Å²) in [5, 5.41) is 0. The summed E-state index contributed by atoms with van der Waals surface area (Å²) in [5.74, 6) is -0.736. The molecular weight excluding hydrogens is 280 g/mol. The highest BCUT2D eigenvalue weighted by Gasteiger charge is 2.27. The van der Waals surface area contributed by atoms with E-state index in [1.54, 1.807) is 13.8 Å². The number of amides is 1. The molecule has 0 radical (unpaired) electrons. The molecule has 0 bridgehead atoms. The van der Waals surface area contributed by atoms with E-state index < -0.39 is 21.5 Å². The highest BCUT2D eigenvalue weighted by Crippen LogP contribution is 2.16. The summed E-state index contributed by atoms with van der Waals surface area (Å²) in [6.07, 6.45) is -0.113. The fraction of sp³-hybridized carbons (Fsp3) is 0.385. The van der Waals surface area contributed by atoms with E-state index in [1.165, 1.54) is 31.2 Å². The van der Waals surface area contributed by atoms with Crippen molar-refractivity contribution in [2.45, 2.75) is 37.6 Å². The third-order valence-electron chi connectivity index (χ3n) is 2.60. The van der Waals surface area contributed by atoms with Crippen molar-refractivity contribution >= 4 is 21.7 Å². The van der Waals surface area contributed by atoms with Crippen LogP contribution in [0.2, 0.25) is 0 Å². The summed E-state index contributed by atoms with van der Waals surface area (Å²) in [6.45, 7) is 4.54. The van der Waals surface area contributed by atoms with Gasteiger partial charge < -0.3 is 5.73 Å². The first-order chi connectivity index (χ1) is 9.03. The van der Waals surface area contributed by atoms with Crippen LogP contribution in [0.1, 0.15) is 37.6 Å². The maximum Gasteiger partial charge on any atom is 0.241 e. The van der Waals surface area contributed by atoms with Gasteiger partial charge in [-0.1, -0.05) is 12.1 Å². The maximum atomic E-state index is 12.2. The van der Waals surface area contributed by atoms with E-state index in [2.05, 4.69) is 4.72 Å². The number of Topliss-reactive ketones (excluding diaryl/α,β-unsaturated/α-hetero) is 1. The second-order valence-electron chi connectivity index (χ2n) is 5.21. The van der Waals surface area contributed by atoms with Crippen molar-refractivity contribution in [2.75, 3.05) is 0 Å². The number of carbonyl (C=O) groups is 2. The minimum atomic E-state index is -3.78. The zero-order chi connectivity index (χ0) is 15.6. The number of sulfonamides is 1. The molecule has 0 fully saturated rings. The molecule has 0 aromatic heterocycles. The summed E-state index contributed by atoms with van der Waals surface area (Å²) in [7, 11) is -3.78. The summed E-state index contributed by atoms with van der Waals surface area (Å²) in [5.41, 5.74) is 4.53. The first-order valence-corrected chi connectivity index (χ1v) is 7.45. The molecule has 6 nitrogen and oxygen atoms in total. The minimum Gasteiger partial charge on any atom is -0.370 e. The number of hydrogen-bond acceptors (Lipinski definition) is 4.